The Morgan fingerprint density at radius 3 is 2.43 bits per heavy atom. The molecule has 0 heterocycles. The highest BCUT2D eigenvalue weighted by atomic mass is 32.2. The number of likely N-dealkylation sites (N-methyl/N-ethyl adjacent to an activating group) is 1. The Kier molecular flexibility index (Phi) is 7.17. The highest BCUT2D eigenvalue weighted by Gasteiger charge is 2.14. The van der Waals surface area contributed by atoms with Crippen LogP contribution in [0.4, 0.5) is 0 Å². The number of sulfonamides is 1. The first-order chi connectivity index (χ1) is 13.1. The quantitative estimate of drug-likeness (QED) is 0.699. The van der Waals surface area contributed by atoms with Crippen LogP contribution in [0.2, 0.25) is 0 Å². The molecule has 0 fully saturated rings. The molecule has 0 saturated carbocycles. The van der Waals surface area contributed by atoms with Gasteiger partial charge in [0.15, 0.2) is 0 Å². The fraction of sp³-hybridized carbons (Fsp3) is 0.350. The second-order valence-electron chi connectivity index (χ2n) is 6.89. The van der Waals surface area contributed by atoms with Gasteiger partial charge in [0.25, 0.3) is 0 Å². The lowest BCUT2D eigenvalue weighted by atomic mass is 10.1. The fourth-order valence-electron chi connectivity index (χ4n) is 2.94. The Labute approximate surface area is 166 Å². The molecule has 8 heteroatoms. The van der Waals surface area contributed by atoms with Crippen molar-refractivity contribution in [3.05, 3.63) is 59.2 Å². The molecule has 0 aliphatic heterocycles. The zero-order valence-electron chi connectivity index (χ0n) is 16.6. The van der Waals surface area contributed by atoms with Crippen molar-refractivity contribution in [1.29, 1.82) is 0 Å². The largest absolute Gasteiger partial charge is 0.496 e. The molecule has 0 saturated heterocycles. The summed E-state index contributed by atoms with van der Waals surface area (Å²) >= 11 is 0. The van der Waals surface area contributed by atoms with E-state index >= 15 is 0 Å². The molecule has 1 atom stereocenters. The minimum Gasteiger partial charge on any atom is -0.496 e. The normalized spacial score (nSPS) is 12.6. The van der Waals surface area contributed by atoms with Crippen LogP contribution in [0.5, 0.6) is 5.75 Å². The topological polar surface area (TPSA) is 102 Å². The van der Waals surface area contributed by atoms with Crippen LogP contribution in [-0.2, 0) is 21.4 Å². The van der Waals surface area contributed by atoms with Crippen molar-refractivity contribution in [1.82, 2.24) is 10.2 Å². The number of methoxy groups -OCH3 is 1. The van der Waals surface area contributed by atoms with Crippen LogP contribution in [0.25, 0.3) is 0 Å². The molecule has 1 amide bonds. The van der Waals surface area contributed by atoms with E-state index in [1.165, 1.54) is 12.1 Å². The highest BCUT2D eigenvalue weighted by molar-refractivity contribution is 7.89. The van der Waals surface area contributed by atoms with Crippen molar-refractivity contribution < 1.29 is 17.9 Å². The van der Waals surface area contributed by atoms with Crippen molar-refractivity contribution in [3.63, 3.8) is 0 Å². The molecule has 7 nitrogen and oxygen atoms in total. The van der Waals surface area contributed by atoms with E-state index in [0.717, 1.165) is 22.4 Å². The Balaban J connectivity index is 1.95. The summed E-state index contributed by atoms with van der Waals surface area (Å²) in [6.45, 7) is 4.65. The van der Waals surface area contributed by atoms with E-state index in [0.29, 0.717) is 6.54 Å². The summed E-state index contributed by atoms with van der Waals surface area (Å²) in [5.74, 6) is 0.665. The molecule has 2 aromatic rings. The van der Waals surface area contributed by atoms with E-state index in [2.05, 4.69) is 5.32 Å². The van der Waals surface area contributed by atoms with Gasteiger partial charge in [0, 0.05) is 12.1 Å². The number of rotatable bonds is 8. The molecule has 2 rings (SSSR count). The molecule has 0 radical (unpaired) electrons. The van der Waals surface area contributed by atoms with Crippen LogP contribution in [0.3, 0.4) is 0 Å². The van der Waals surface area contributed by atoms with E-state index < -0.39 is 10.0 Å². The number of primary sulfonamides is 1. The fourth-order valence-corrected chi connectivity index (χ4v) is 3.45. The minimum absolute atomic E-state index is 0.0432. The number of carbonyl (C=O) groups excluding carboxylic acids is 1. The van der Waals surface area contributed by atoms with Gasteiger partial charge in [0.1, 0.15) is 5.75 Å². The summed E-state index contributed by atoms with van der Waals surface area (Å²) in [6, 6.07) is 11.8. The number of nitrogens with one attached hydrogen (secondary N) is 1. The molecule has 0 unspecified atom stereocenters. The third-order valence-electron chi connectivity index (χ3n) is 4.38. The molecule has 0 bridgehead atoms. The van der Waals surface area contributed by atoms with Crippen molar-refractivity contribution in [2.24, 2.45) is 5.14 Å². The lowest BCUT2D eigenvalue weighted by Crippen LogP contribution is -2.36. The van der Waals surface area contributed by atoms with E-state index in [9.17, 15) is 13.2 Å². The third kappa shape index (κ3) is 6.05. The van der Waals surface area contributed by atoms with Crippen LogP contribution in [-0.4, -0.2) is 39.9 Å². The molecular weight excluding hydrogens is 378 g/mol. The number of benzene rings is 2. The van der Waals surface area contributed by atoms with E-state index in [4.69, 9.17) is 9.88 Å². The predicted molar refractivity (Wildman–Crippen MR) is 108 cm³/mol. The summed E-state index contributed by atoms with van der Waals surface area (Å²) < 4.78 is 28.0. The number of hydrogen-bond donors (Lipinski definition) is 2. The first-order valence-corrected chi connectivity index (χ1v) is 10.4. The average molecular weight is 406 g/mol. The highest BCUT2D eigenvalue weighted by Crippen LogP contribution is 2.21. The van der Waals surface area contributed by atoms with Crippen LogP contribution >= 0.6 is 0 Å². The maximum atomic E-state index is 12.4. The van der Waals surface area contributed by atoms with Gasteiger partial charge in [0.05, 0.1) is 24.6 Å². The zero-order chi connectivity index (χ0) is 20.9. The average Bonchev–Trinajstić information content (AvgIpc) is 2.61. The zero-order valence-corrected chi connectivity index (χ0v) is 17.4. The van der Waals surface area contributed by atoms with Crippen LogP contribution in [0.15, 0.2) is 47.4 Å². The van der Waals surface area contributed by atoms with E-state index in [-0.39, 0.29) is 23.4 Å². The molecule has 2 aromatic carbocycles. The van der Waals surface area contributed by atoms with Gasteiger partial charge in [-0.1, -0.05) is 29.8 Å². The van der Waals surface area contributed by atoms with Crippen LogP contribution in [0, 0.1) is 6.92 Å². The number of aryl methyl sites for hydroxylation is 1. The van der Waals surface area contributed by atoms with Gasteiger partial charge < -0.3 is 10.1 Å². The Hall–Kier alpha value is -2.42. The molecular formula is C20H27N3O4S. The summed E-state index contributed by atoms with van der Waals surface area (Å²) in [5, 5.41) is 8.02. The van der Waals surface area contributed by atoms with Crippen molar-refractivity contribution in [2.75, 3.05) is 20.7 Å². The van der Waals surface area contributed by atoms with Crippen LogP contribution in [0.1, 0.15) is 29.7 Å². The number of amides is 1. The van der Waals surface area contributed by atoms with E-state index in [1.807, 2.05) is 44.0 Å². The van der Waals surface area contributed by atoms with Gasteiger partial charge in [-0.05, 0) is 44.7 Å². The van der Waals surface area contributed by atoms with Gasteiger partial charge >= 0.3 is 0 Å². The van der Waals surface area contributed by atoms with Crippen molar-refractivity contribution in [3.8, 4) is 5.75 Å². The number of nitrogens with zero attached hydrogens (tertiary/aromatic N) is 1. The second kappa shape index (κ2) is 9.18. The SMILES string of the molecule is COc1ccc(C)cc1CN(C)CC(=O)N[C@H](C)c1ccc(S(N)(=O)=O)cc1. The number of ether oxygens (including phenoxy) is 1. The monoisotopic (exact) mass is 405 g/mol. The lowest BCUT2D eigenvalue weighted by Gasteiger charge is -2.20. The third-order valence-corrected chi connectivity index (χ3v) is 5.31. The van der Waals surface area contributed by atoms with Gasteiger partial charge in [-0.2, -0.15) is 0 Å². The summed E-state index contributed by atoms with van der Waals surface area (Å²) in [4.78, 5) is 14.3. The molecule has 0 aromatic heterocycles. The van der Waals surface area contributed by atoms with Crippen molar-refractivity contribution in [2.45, 2.75) is 31.3 Å². The van der Waals surface area contributed by atoms with Crippen LogP contribution < -0.4 is 15.2 Å². The minimum atomic E-state index is -3.73. The Morgan fingerprint density at radius 1 is 1.21 bits per heavy atom. The maximum absolute atomic E-state index is 12.4. The number of hydrogen-bond acceptors (Lipinski definition) is 5. The molecule has 28 heavy (non-hydrogen) atoms. The Bertz CT molecular complexity index is 927. The molecule has 152 valence electrons. The predicted octanol–water partition coefficient (Wildman–Crippen LogP) is 1.96. The maximum Gasteiger partial charge on any atom is 0.238 e. The summed E-state index contributed by atoms with van der Waals surface area (Å²) in [5.41, 5.74) is 2.94. The molecule has 0 aliphatic carbocycles. The number of carbonyl (C=O) groups is 1. The van der Waals surface area contributed by atoms with Gasteiger partial charge in [-0.15, -0.1) is 0 Å². The summed E-state index contributed by atoms with van der Waals surface area (Å²) in [7, 11) is -0.230. The molecule has 0 spiro atoms. The first-order valence-electron chi connectivity index (χ1n) is 8.84. The number of nitrogens with two attached hydrogens (primary N) is 1. The lowest BCUT2D eigenvalue weighted by molar-refractivity contribution is -0.122. The molecule has 3 N–H and O–H groups in total. The van der Waals surface area contributed by atoms with Gasteiger partial charge in [-0.3, -0.25) is 9.69 Å². The second-order valence-corrected chi connectivity index (χ2v) is 8.45. The van der Waals surface area contributed by atoms with Gasteiger partial charge in [0.2, 0.25) is 15.9 Å². The van der Waals surface area contributed by atoms with E-state index in [1.54, 1.807) is 19.2 Å². The Morgan fingerprint density at radius 2 is 1.86 bits per heavy atom. The first kappa shape index (κ1) is 21.9. The van der Waals surface area contributed by atoms with Gasteiger partial charge in [-0.25, -0.2) is 13.6 Å². The summed E-state index contributed by atoms with van der Waals surface area (Å²) in [6.07, 6.45) is 0. The molecule has 0 aliphatic rings. The van der Waals surface area contributed by atoms with Crippen molar-refractivity contribution >= 4 is 15.9 Å². The standard InChI is InChI=1S/C20H27N3O4S/c1-14-5-10-19(27-4)17(11-14)12-23(3)13-20(24)22-15(2)16-6-8-18(9-7-16)28(21,25)26/h5-11,15H,12-13H2,1-4H3,(H,22,24)(H2,21,25,26)/t15-/m1/s1. The smallest absolute Gasteiger partial charge is 0.238 e.